The topological polar surface area (TPSA) is 51.2 Å². The Morgan fingerprint density at radius 3 is 2.36 bits per heavy atom. The van der Waals surface area contributed by atoms with Crippen LogP contribution in [-0.4, -0.2) is 22.4 Å². The number of aromatic nitrogens is 1. The standard InChI is InChI=1S/C8H11F3N2O/c1-13-3-2-6(4-13)7(14,5-12)8(9,10)11/h2-4,14H,5,12H2,1H3/t7-/m0/s1. The highest BCUT2D eigenvalue weighted by Crippen LogP contribution is 2.37. The van der Waals surface area contributed by atoms with Crippen LogP contribution in [0.3, 0.4) is 0 Å². The summed E-state index contributed by atoms with van der Waals surface area (Å²) < 4.78 is 38.8. The van der Waals surface area contributed by atoms with Crippen LogP contribution >= 0.6 is 0 Å². The van der Waals surface area contributed by atoms with E-state index in [1.165, 1.54) is 23.0 Å². The predicted molar refractivity (Wildman–Crippen MR) is 44.4 cm³/mol. The van der Waals surface area contributed by atoms with Gasteiger partial charge in [-0.25, -0.2) is 0 Å². The number of alkyl halides is 3. The second-order valence-corrected chi connectivity index (χ2v) is 3.13. The molecule has 1 aromatic rings. The third-order valence-electron chi connectivity index (χ3n) is 2.07. The fourth-order valence-electron chi connectivity index (χ4n) is 1.15. The molecule has 80 valence electrons. The maximum atomic E-state index is 12.5. The summed E-state index contributed by atoms with van der Waals surface area (Å²) in [6.45, 7) is -0.888. The summed E-state index contributed by atoms with van der Waals surface area (Å²) in [6.07, 6.45) is -2.15. The molecule has 0 aromatic carbocycles. The molecule has 3 N–H and O–H groups in total. The van der Waals surface area contributed by atoms with Crippen LogP contribution in [0.2, 0.25) is 0 Å². The van der Waals surface area contributed by atoms with Crippen molar-refractivity contribution in [3.8, 4) is 0 Å². The quantitative estimate of drug-likeness (QED) is 0.752. The minimum Gasteiger partial charge on any atom is -0.375 e. The maximum Gasteiger partial charge on any atom is 0.422 e. The van der Waals surface area contributed by atoms with Crippen LogP contribution in [0.1, 0.15) is 5.56 Å². The van der Waals surface area contributed by atoms with Crippen LogP contribution in [0.4, 0.5) is 13.2 Å². The second kappa shape index (κ2) is 3.29. The number of nitrogens with two attached hydrogens (primary N) is 1. The van der Waals surface area contributed by atoms with Crippen molar-refractivity contribution in [3.05, 3.63) is 24.0 Å². The molecule has 1 atom stereocenters. The van der Waals surface area contributed by atoms with E-state index in [1.54, 1.807) is 7.05 Å². The molecule has 1 rings (SSSR count). The van der Waals surface area contributed by atoms with Crippen LogP contribution in [0, 0.1) is 0 Å². The van der Waals surface area contributed by atoms with E-state index < -0.39 is 18.3 Å². The van der Waals surface area contributed by atoms with Crippen molar-refractivity contribution in [2.45, 2.75) is 11.8 Å². The largest absolute Gasteiger partial charge is 0.422 e. The van der Waals surface area contributed by atoms with Crippen molar-refractivity contribution in [1.29, 1.82) is 0 Å². The van der Waals surface area contributed by atoms with Crippen LogP contribution in [-0.2, 0) is 12.6 Å². The summed E-state index contributed by atoms with van der Waals surface area (Å²) in [7, 11) is 1.57. The van der Waals surface area contributed by atoms with Gasteiger partial charge in [0.15, 0.2) is 5.60 Å². The Morgan fingerprint density at radius 1 is 1.50 bits per heavy atom. The van der Waals surface area contributed by atoms with Gasteiger partial charge in [0, 0.05) is 31.5 Å². The minimum atomic E-state index is -4.76. The van der Waals surface area contributed by atoms with E-state index in [9.17, 15) is 18.3 Å². The molecule has 0 saturated carbocycles. The average molecular weight is 208 g/mol. The Kier molecular flexibility index (Phi) is 2.60. The zero-order valence-corrected chi connectivity index (χ0v) is 7.54. The highest BCUT2D eigenvalue weighted by atomic mass is 19.4. The van der Waals surface area contributed by atoms with Gasteiger partial charge < -0.3 is 15.4 Å². The van der Waals surface area contributed by atoms with E-state index in [4.69, 9.17) is 5.73 Å². The summed E-state index contributed by atoms with van der Waals surface area (Å²) in [4.78, 5) is 0. The molecule has 3 nitrogen and oxygen atoms in total. The number of hydrogen-bond donors (Lipinski definition) is 2. The van der Waals surface area contributed by atoms with E-state index in [-0.39, 0.29) is 5.56 Å². The van der Waals surface area contributed by atoms with Crippen molar-refractivity contribution in [2.75, 3.05) is 6.54 Å². The molecular weight excluding hydrogens is 197 g/mol. The van der Waals surface area contributed by atoms with Crippen molar-refractivity contribution < 1.29 is 18.3 Å². The van der Waals surface area contributed by atoms with Gasteiger partial charge in [0.2, 0.25) is 0 Å². The number of rotatable bonds is 2. The van der Waals surface area contributed by atoms with E-state index in [2.05, 4.69) is 0 Å². The summed E-state index contributed by atoms with van der Waals surface area (Å²) in [5.74, 6) is 0. The van der Waals surface area contributed by atoms with Gasteiger partial charge in [-0.3, -0.25) is 0 Å². The third kappa shape index (κ3) is 1.62. The van der Waals surface area contributed by atoms with Crippen LogP contribution in [0.25, 0.3) is 0 Å². The zero-order chi connectivity index (χ0) is 11.0. The Bertz CT molecular complexity index is 321. The number of hydrogen-bond acceptors (Lipinski definition) is 2. The summed E-state index contributed by atoms with van der Waals surface area (Å²) >= 11 is 0. The monoisotopic (exact) mass is 208 g/mol. The lowest BCUT2D eigenvalue weighted by Crippen LogP contribution is -2.48. The lowest BCUT2D eigenvalue weighted by molar-refractivity contribution is -0.262. The molecule has 0 aliphatic carbocycles. The lowest BCUT2D eigenvalue weighted by atomic mass is 9.96. The number of halogens is 3. The first-order chi connectivity index (χ1) is 6.31. The number of nitrogens with zero attached hydrogens (tertiary/aromatic N) is 1. The van der Waals surface area contributed by atoms with Crippen molar-refractivity contribution >= 4 is 0 Å². The van der Waals surface area contributed by atoms with Gasteiger partial charge in [0.25, 0.3) is 0 Å². The average Bonchev–Trinajstić information content (AvgIpc) is 2.48. The smallest absolute Gasteiger partial charge is 0.375 e. The van der Waals surface area contributed by atoms with Gasteiger partial charge >= 0.3 is 6.18 Å². The molecule has 6 heteroatoms. The SMILES string of the molecule is Cn1ccc([C@@](O)(CN)C(F)(F)F)c1. The zero-order valence-electron chi connectivity index (χ0n) is 7.54. The Hall–Kier alpha value is -1.01. The molecule has 0 fully saturated rings. The number of aryl methyl sites for hydroxylation is 1. The highest BCUT2D eigenvalue weighted by Gasteiger charge is 2.54. The van der Waals surface area contributed by atoms with Crippen LogP contribution < -0.4 is 5.73 Å². The fraction of sp³-hybridized carbons (Fsp3) is 0.500. The van der Waals surface area contributed by atoms with Crippen LogP contribution in [0.5, 0.6) is 0 Å². The molecule has 0 unspecified atom stereocenters. The van der Waals surface area contributed by atoms with Crippen molar-refractivity contribution in [3.63, 3.8) is 0 Å². The van der Waals surface area contributed by atoms with Gasteiger partial charge in [-0.15, -0.1) is 0 Å². The first-order valence-electron chi connectivity index (χ1n) is 3.93. The van der Waals surface area contributed by atoms with Crippen molar-refractivity contribution in [2.24, 2.45) is 12.8 Å². The summed E-state index contributed by atoms with van der Waals surface area (Å²) in [5, 5.41) is 9.38. The molecule has 14 heavy (non-hydrogen) atoms. The molecule has 0 amide bonds. The van der Waals surface area contributed by atoms with Crippen LogP contribution in [0.15, 0.2) is 18.5 Å². The predicted octanol–water partition coefficient (Wildman–Crippen LogP) is 0.734. The number of aliphatic hydroxyl groups is 1. The fourth-order valence-corrected chi connectivity index (χ4v) is 1.15. The highest BCUT2D eigenvalue weighted by molar-refractivity contribution is 5.22. The molecule has 0 spiro atoms. The first kappa shape index (κ1) is 11.1. The first-order valence-corrected chi connectivity index (χ1v) is 3.93. The lowest BCUT2D eigenvalue weighted by Gasteiger charge is -2.28. The molecule has 1 aromatic heterocycles. The normalized spacial score (nSPS) is 16.7. The van der Waals surface area contributed by atoms with Crippen molar-refractivity contribution in [1.82, 2.24) is 4.57 Å². The molecule has 1 heterocycles. The van der Waals surface area contributed by atoms with E-state index in [0.29, 0.717) is 0 Å². The molecule has 0 aliphatic rings. The summed E-state index contributed by atoms with van der Waals surface area (Å²) in [6, 6.07) is 1.19. The second-order valence-electron chi connectivity index (χ2n) is 3.13. The Labute approximate surface area is 78.9 Å². The van der Waals surface area contributed by atoms with E-state index >= 15 is 0 Å². The van der Waals surface area contributed by atoms with Gasteiger partial charge in [-0.1, -0.05) is 0 Å². The van der Waals surface area contributed by atoms with Gasteiger partial charge in [0.1, 0.15) is 0 Å². The Morgan fingerprint density at radius 2 is 2.07 bits per heavy atom. The molecule has 0 radical (unpaired) electrons. The molecular formula is C8H11F3N2O. The van der Waals surface area contributed by atoms with Gasteiger partial charge in [-0.2, -0.15) is 13.2 Å². The molecule has 0 saturated heterocycles. The Balaban J connectivity index is 3.14. The van der Waals surface area contributed by atoms with E-state index in [0.717, 1.165) is 0 Å². The van der Waals surface area contributed by atoms with Gasteiger partial charge in [0.05, 0.1) is 0 Å². The molecule has 0 bridgehead atoms. The summed E-state index contributed by atoms with van der Waals surface area (Å²) in [5.41, 5.74) is 1.76. The van der Waals surface area contributed by atoms with E-state index in [1.807, 2.05) is 0 Å². The minimum absolute atomic E-state index is 0.241. The van der Waals surface area contributed by atoms with Gasteiger partial charge in [-0.05, 0) is 6.07 Å². The molecule has 0 aliphatic heterocycles. The maximum absolute atomic E-state index is 12.5. The third-order valence-corrected chi connectivity index (χ3v) is 2.07.